The van der Waals surface area contributed by atoms with Crippen molar-refractivity contribution in [2.24, 2.45) is 0 Å². The van der Waals surface area contributed by atoms with E-state index >= 15 is 0 Å². The first kappa shape index (κ1) is 19.8. The van der Waals surface area contributed by atoms with Crippen molar-refractivity contribution >= 4 is 11.6 Å². The zero-order valence-electron chi connectivity index (χ0n) is 16.1. The minimum absolute atomic E-state index is 0.0305. The van der Waals surface area contributed by atoms with E-state index in [2.05, 4.69) is 48.7 Å². The van der Waals surface area contributed by atoms with Crippen LogP contribution >= 0.6 is 0 Å². The number of nitrogens with one attached hydrogen (secondary N) is 2. The third kappa shape index (κ3) is 5.49. The minimum atomic E-state index is -0.0762. The summed E-state index contributed by atoms with van der Waals surface area (Å²) in [5, 5.41) is 6.37. The van der Waals surface area contributed by atoms with Gasteiger partial charge in [0.25, 0.3) is 0 Å². The molecule has 0 saturated heterocycles. The van der Waals surface area contributed by atoms with E-state index in [-0.39, 0.29) is 18.0 Å². The molecule has 5 heteroatoms. The lowest BCUT2D eigenvalue weighted by molar-refractivity contribution is -0.116. The van der Waals surface area contributed by atoms with Crippen LogP contribution < -0.4 is 20.1 Å². The van der Waals surface area contributed by atoms with Crippen molar-refractivity contribution in [2.75, 3.05) is 19.5 Å². The minimum Gasteiger partial charge on any atom is -0.497 e. The summed E-state index contributed by atoms with van der Waals surface area (Å²) in [6, 6.07) is 13.9. The predicted octanol–water partition coefficient (Wildman–Crippen LogP) is 4.08. The first-order valence-electron chi connectivity index (χ1n) is 8.77. The van der Waals surface area contributed by atoms with Crippen LogP contribution in [0.1, 0.15) is 37.4 Å². The van der Waals surface area contributed by atoms with E-state index in [1.807, 2.05) is 6.92 Å². The number of rotatable bonds is 8. The summed E-state index contributed by atoms with van der Waals surface area (Å²) in [5.74, 6) is 1.20. The highest BCUT2D eigenvalue weighted by Crippen LogP contribution is 2.29. The lowest BCUT2D eigenvalue weighted by Gasteiger charge is -2.20. The van der Waals surface area contributed by atoms with Gasteiger partial charge in [-0.2, -0.15) is 0 Å². The van der Waals surface area contributed by atoms with Gasteiger partial charge in [0, 0.05) is 24.6 Å². The molecule has 0 spiro atoms. The highest BCUT2D eigenvalue weighted by atomic mass is 16.5. The first-order valence-corrected chi connectivity index (χ1v) is 8.77. The molecule has 2 aromatic rings. The Morgan fingerprint density at radius 3 is 2.35 bits per heavy atom. The molecule has 140 valence electrons. The quantitative estimate of drug-likeness (QED) is 0.748. The fourth-order valence-electron chi connectivity index (χ4n) is 2.83. The van der Waals surface area contributed by atoms with Crippen molar-refractivity contribution in [3.05, 3.63) is 53.6 Å². The Bertz CT molecular complexity index is 729. The highest BCUT2D eigenvalue weighted by molar-refractivity contribution is 5.92. The number of ether oxygens (including phenoxy) is 2. The number of hydrogen-bond acceptors (Lipinski definition) is 4. The molecule has 2 unspecified atom stereocenters. The van der Waals surface area contributed by atoms with Gasteiger partial charge in [0.05, 0.1) is 19.9 Å². The largest absolute Gasteiger partial charge is 0.497 e. The molecule has 2 rings (SSSR count). The van der Waals surface area contributed by atoms with Crippen LogP contribution in [-0.4, -0.2) is 26.2 Å². The van der Waals surface area contributed by atoms with Crippen molar-refractivity contribution in [1.82, 2.24) is 5.32 Å². The first-order chi connectivity index (χ1) is 12.4. The Labute approximate surface area is 155 Å². The summed E-state index contributed by atoms with van der Waals surface area (Å²) in [6.45, 7) is 6.18. The maximum atomic E-state index is 12.4. The van der Waals surface area contributed by atoms with Gasteiger partial charge in [-0.15, -0.1) is 0 Å². The summed E-state index contributed by atoms with van der Waals surface area (Å²) < 4.78 is 10.5. The SMILES string of the molecule is COc1ccc(OC)c(NC(=O)CC(C)NC(C)c2ccc(C)cc2)c1. The van der Waals surface area contributed by atoms with Crippen molar-refractivity contribution in [3.63, 3.8) is 0 Å². The number of methoxy groups -OCH3 is 2. The normalized spacial score (nSPS) is 13.0. The third-order valence-corrected chi connectivity index (χ3v) is 4.28. The second-order valence-corrected chi connectivity index (χ2v) is 6.52. The van der Waals surface area contributed by atoms with Gasteiger partial charge in [0.15, 0.2) is 0 Å². The Kier molecular flexibility index (Phi) is 7.04. The molecular weight excluding hydrogens is 328 g/mol. The fraction of sp³-hybridized carbons (Fsp3) is 0.381. The van der Waals surface area contributed by atoms with Crippen molar-refractivity contribution in [3.8, 4) is 11.5 Å². The van der Waals surface area contributed by atoms with Crippen molar-refractivity contribution < 1.29 is 14.3 Å². The van der Waals surface area contributed by atoms with Gasteiger partial charge in [-0.25, -0.2) is 0 Å². The lowest BCUT2D eigenvalue weighted by Crippen LogP contribution is -2.32. The maximum absolute atomic E-state index is 12.4. The molecule has 0 radical (unpaired) electrons. The molecule has 2 atom stereocenters. The van der Waals surface area contributed by atoms with E-state index in [0.717, 1.165) is 0 Å². The van der Waals surface area contributed by atoms with E-state index in [4.69, 9.17) is 9.47 Å². The van der Waals surface area contributed by atoms with Gasteiger partial charge in [-0.05, 0) is 38.5 Å². The van der Waals surface area contributed by atoms with Crippen LogP contribution in [0.15, 0.2) is 42.5 Å². The summed E-state index contributed by atoms with van der Waals surface area (Å²) >= 11 is 0. The van der Waals surface area contributed by atoms with Crippen LogP contribution in [0.25, 0.3) is 0 Å². The number of aryl methyl sites for hydroxylation is 1. The molecule has 1 amide bonds. The van der Waals surface area contributed by atoms with E-state index in [1.54, 1.807) is 32.4 Å². The predicted molar refractivity (Wildman–Crippen MR) is 105 cm³/mol. The number of hydrogen-bond donors (Lipinski definition) is 2. The topological polar surface area (TPSA) is 59.6 Å². The van der Waals surface area contributed by atoms with E-state index in [9.17, 15) is 4.79 Å². The van der Waals surface area contributed by atoms with Gasteiger partial charge in [-0.3, -0.25) is 4.79 Å². The fourth-order valence-corrected chi connectivity index (χ4v) is 2.83. The average Bonchev–Trinajstić information content (AvgIpc) is 2.61. The smallest absolute Gasteiger partial charge is 0.226 e. The molecule has 2 N–H and O–H groups in total. The molecule has 0 heterocycles. The standard InChI is InChI=1S/C21H28N2O3/c1-14-6-8-17(9-7-14)16(3)22-15(2)12-21(24)23-19-13-18(25-4)10-11-20(19)26-5/h6-11,13,15-16,22H,12H2,1-5H3,(H,23,24). The van der Waals surface area contributed by atoms with Crippen molar-refractivity contribution in [2.45, 2.75) is 39.3 Å². The second-order valence-electron chi connectivity index (χ2n) is 6.52. The molecule has 0 aliphatic heterocycles. The van der Waals surface area contributed by atoms with Gasteiger partial charge < -0.3 is 20.1 Å². The van der Waals surface area contributed by atoms with Gasteiger partial charge in [-0.1, -0.05) is 29.8 Å². The summed E-state index contributed by atoms with van der Waals surface area (Å²) in [7, 11) is 3.16. The molecule has 0 fully saturated rings. The summed E-state index contributed by atoms with van der Waals surface area (Å²) in [6.07, 6.45) is 0.358. The third-order valence-electron chi connectivity index (χ3n) is 4.28. The summed E-state index contributed by atoms with van der Waals surface area (Å²) in [4.78, 5) is 12.4. The number of carbonyl (C=O) groups excluding carboxylic acids is 1. The number of anilines is 1. The molecule has 26 heavy (non-hydrogen) atoms. The van der Waals surface area contributed by atoms with Crippen LogP contribution in [0.5, 0.6) is 11.5 Å². The van der Waals surface area contributed by atoms with Crippen LogP contribution in [0, 0.1) is 6.92 Å². The molecule has 2 aromatic carbocycles. The van der Waals surface area contributed by atoms with E-state index < -0.39 is 0 Å². The number of benzene rings is 2. The van der Waals surface area contributed by atoms with Crippen LogP contribution in [0.4, 0.5) is 5.69 Å². The van der Waals surface area contributed by atoms with E-state index in [1.165, 1.54) is 11.1 Å². The Morgan fingerprint density at radius 1 is 1.04 bits per heavy atom. The van der Waals surface area contributed by atoms with Gasteiger partial charge in [0.1, 0.15) is 11.5 Å². The monoisotopic (exact) mass is 356 g/mol. The number of carbonyl (C=O) groups is 1. The van der Waals surface area contributed by atoms with Gasteiger partial charge >= 0.3 is 0 Å². The lowest BCUT2D eigenvalue weighted by atomic mass is 10.1. The van der Waals surface area contributed by atoms with Crippen molar-refractivity contribution in [1.29, 1.82) is 0 Å². The number of amides is 1. The zero-order valence-corrected chi connectivity index (χ0v) is 16.1. The molecular formula is C21H28N2O3. The maximum Gasteiger partial charge on any atom is 0.226 e. The van der Waals surface area contributed by atoms with Crippen LogP contribution in [0.3, 0.4) is 0 Å². The molecule has 0 aromatic heterocycles. The molecule has 0 saturated carbocycles. The average molecular weight is 356 g/mol. The zero-order chi connectivity index (χ0) is 19.1. The summed E-state index contributed by atoms with van der Waals surface area (Å²) in [5.41, 5.74) is 3.05. The Morgan fingerprint density at radius 2 is 1.73 bits per heavy atom. The second kappa shape index (κ2) is 9.25. The molecule has 0 aliphatic carbocycles. The highest BCUT2D eigenvalue weighted by Gasteiger charge is 2.15. The van der Waals surface area contributed by atoms with E-state index in [0.29, 0.717) is 23.6 Å². The molecule has 0 bridgehead atoms. The van der Waals surface area contributed by atoms with Crippen LogP contribution in [-0.2, 0) is 4.79 Å². The Balaban J connectivity index is 1.93. The van der Waals surface area contributed by atoms with Gasteiger partial charge in [0.2, 0.25) is 5.91 Å². The van der Waals surface area contributed by atoms with Crippen LogP contribution in [0.2, 0.25) is 0 Å². The molecule has 0 aliphatic rings. The molecule has 5 nitrogen and oxygen atoms in total. The Hall–Kier alpha value is -2.53.